The van der Waals surface area contributed by atoms with E-state index in [0.29, 0.717) is 21.0 Å². The number of hydrogen-bond acceptors (Lipinski definition) is 1. The van der Waals surface area contributed by atoms with Gasteiger partial charge in [-0.2, -0.15) is 0 Å². The van der Waals surface area contributed by atoms with Gasteiger partial charge in [0.25, 0.3) is 0 Å². The fourth-order valence-corrected chi connectivity index (χ4v) is 2.64. The summed E-state index contributed by atoms with van der Waals surface area (Å²) in [6, 6.07) is 0. The van der Waals surface area contributed by atoms with Gasteiger partial charge in [-0.05, 0) is 34.5 Å². The summed E-state index contributed by atoms with van der Waals surface area (Å²) in [7, 11) is 0. The molecule has 0 bridgehead atoms. The second-order valence-corrected chi connectivity index (χ2v) is 13.0. The predicted octanol–water partition coefficient (Wildman–Crippen LogP) is 8.72. The number of allylic oxidation sites excluding steroid dienone is 1. The van der Waals surface area contributed by atoms with E-state index in [1.54, 1.807) is 0 Å². The molecule has 0 rings (SSSR count). The molecule has 0 aliphatic rings. The van der Waals surface area contributed by atoms with Gasteiger partial charge < -0.3 is 0 Å². The molecule has 0 N–H and O–H groups in total. The molecule has 0 aliphatic carbocycles. The van der Waals surface area contributed by atoms with Crippen LogP contribution in [-0.2, 0) is 0 Å². The van der Waals surface area contributed by atoms with E-state index in [0.717, 1.165) is 0 Å². The molecule has 0 atom stereocenters. The normalized spacial score (nSPS) is 13.9. The van der Waals surface area contributed by atoms with Crippen molar-refractivity contribution in [2.75, 3.05) is 0 Å². The first-order valence-electron chi connectivity index (χ1n) is 9.27. The fraction of sp³-hybridized carbons (Fsp3) is 0.909. The lowest BCUT2D eigenvalue weighted by atomic mass is 9.85. The van der Waals surface area contributed by atoms with Crippen molar-refractivity contribution < 1.29 is 0 Å². The monoisotopic (exact) mass is 342 g/mol. The molecule has 23 heavy (non-hydrogen) atoms. The molecule has 0 spiro atoms. The predicted molar refractivity (Wildman–Crippen MR) is 113 cm³/mol. The quantitative estimate of drug-likeness (QED) is 0.460. The van der Waals surface area contributed by atoms with E-state index < -0.39 is 0 Å². The van der Waals surface area contributed by atoms with Crippen molar-refractivity contribution in [3.8, 4) is 0 Å². The Morgan fingerprint density at radius 2 is 0.957 bits per heavy atom. The Hall–Kier alpha value is 0.0900. The molecule has 140 valence electrons. The Labute approximate surface area is 153 Å². The lowest BCUT2D eigenvalue weighted by Gasteiger charge is -2.21. The van der Waals surface area contributed by atoms with Gasteiger partial charge in [0.2, 0.25) is 0 Å². The minimum absolute atomic E-state index is 0.318. The molecule has 0 aromatic rings. The minimum Gasteiger partial charge on any atom is -0.128 e. The van der Waals surface area contributed by atoms with E-state index in [4.69, 9.17) is 0 Å². The minimum atomic E-state index is 0.318. The number of unbranched alkanes of at least 4 members (excludes halogenated alkanes) is 1. The van der Waals surface area contributed by atoms with Gasteiger partial charge >= 0.3 is 0 Å². The highest BCUT2D eigenvalue weighted by atomic mass is 32.2. The standard InChI is InChI=1S/C12H26.C10H20S/c1-11(2,3)9-7-8-10-12(4,5)6;1-9(2,3)7-8-11-10(4,5)6/h7-10H2,1-6H3;7-8H,1-6H3/b;8-7-. The first kappa shape index (κ1) is 25.3. The molecule has 0 radical (unpaired) electrons. The Kier molecular flexibility index (Phi) is 11.2. The third-order valence-corrected chi connectivity index (χ3v) is 4.07. The Balaban J connectivity index is 0. The van der Waals surface area contributed by atoms with E-state index >= 15 is 0 Å². The van der Waals surface area contributed by atoms with Crippen molar-refractivity contribution in [2.24, 2.45) is 16.2 Å². The molecule has 0 nitrogen and oxygen atoms in total. The second kappa shape index (κ2) is 10.2. The maximum Gasteiger partial charge on any atom is 0.0116 e. The van der Waals surface area contributed by atoms with Gasteiger partial charge in [-0.15, -0.1) is 11.8 Å². The Bertz CT molecular complexity index is 294. The molecule has 0 saturated heterocycles. The van der Waals surface area contributed by atoms with Crippen LogP contribution in [0.4, 0.5) is 0 Å². The SMILES string of the molecule is CC(C)(C)/C=C\SC(C)(C)C.CC(C)(C)CCCCC(C)(C)C. The smallest absolute Gasteiger partial charge is 0.0116 e. The van der Waals surface area contributed by atoms with Crippen LogP contribution in [0.5, 0.6) is 0 Å². The first-order chi connectivity index (χ1) is 9.91. The molecule has 0 heterocycles. The highest BCUT2D eigenvalue weighted by Gasteiger charge is 2.12. The average Bonchev–Trinajstić information content (AvgIpc) is 2.19. The van der Waals surface area contributed by atoms with Crippen molar-refractivity contribution >= 4 is 11.8 Å². The van der Waals surface area contributed by atoms with Gasteiger partial charge in [0.15, 0.2) is 0 Å². The summed E-state index contributed by atoms with van der Waals surface area (Å²) in [5.74, 6) is 0. The van der Waals surface area contributed by atoms with Crippen LogP contribution < -0.4 is 0 Å². The maximum absolute atomic E-state index is 2.32. The lowest BCUT2D eigenvalue weighted by molar-refractivity contribution is 0.318. The van der Waals surface area contributed by atoms with Crippen molar-refractivity contribution in [1.29, 1.82) is 0 Å². The highest BCUT2D eigenvalue weighted by molar-refractivity contribution is 8.03. The van der Waals surface area contributed by atoms with Crippen LogP contribution >= 0.6 is 11.8 Å². The summed E-state index contributed by atoms with van der Waals surface area (Å²) in [6.45, 7) is 27.3. The number of hydrogen-bond donors (Lipinski definition) is 0. The summed E-state index contributed by atoms with van der Waals surface area (Å²) >= 11 is 1.88. The fourth-order valence-electron chi connectivity index (χ4n) is 1.75. The molecule has 0 aromatic heterocycles. The lowest BCUT2D eigenvalue weighted by Crippen LogP contribution is -2.07. The van der Waals surface area contributed by atoms with Crippen molar-refractivity contribution in [3.63, 3.8) is 0 Å². The van der Waals surface area contributed by atoms with Gasteiger partial charge in [0.1, 0.15) is 0 Å². The number of rotatable bonds is 4. The van der Waals surface area contributed by atoms with Gasteiger partial charge in [-0.3, -0.25) is 0 Å². The van der Waals surface area contributed by atoms with Gasteiger partial charge in [-0.1, -0.05) is 102 Å². The maximum atomic E-state index is 2.32. The van der Waals surface area contributed by atoms with Crippen LogP contribution in [0.25, 0.3) is 0 Å². The molecule has 1 heteroatoms. The molecular weight excluding hydrogens is 296 g/mol. The molecular formula is C22H46S. The topological polar surface area (TPSA) is 0 Å². The van der Waals surface area contributed by atoms with Crippen LogP contribution in [0.15, 0.2) is 11.5 Å². The van der Waals surface area contributed by atoms with Crippen molar-refractivity contribution in [1.82, 2.24) is 0 Å². The summed E-state index contributed by atoms with van der Waals surface area (Å²) in [4.78, 5) is 0. The van der Waals surface area contributed by atoms with E-state index in [-0.39, 0.29) is 0 Å². The third-order valence-electron chi connectivity index (χ3n) is 3.09. The zero-order valence-corrected chi connectivity index (χ0v) is 19.2. The largest absolute Gasteiger partial charge is 0.128 e. The first-order valence-corrected chi connectivity index (χ1v) is 10.1. The van der Waals surface area contributed by atoms with Crippen LogP contribution in [0.2, 0.25) is 0 Å². The van der Waals surface area contributed by atoms with E-state index in [9.17, 15) is 0 Å². The highest BCUT2D eigenvalue weighted by Crippen LogP contribution is 2.27. The van der Waals surface area contributed by atoms with E-state index in [1.807, 2.05) is 11.8 Å². The van der Waals surface area contributed by atoms with E-state index in [1.165, 1.54) is 25.7 Å². The Morgan fingerprint density at radius 3 is 1.17 bits per heavy atom. The van der Waals surface area contributed by atoms with Crippen molar-refractivity contribution in [3.05, 3.63) is 11.5 Å². The molecule has 0 aromatic carbocycles. The van der Waals surface area contributed by atoms with Crippen LogP contribution in [-0.4, -0.2) is 4.75 Å². The third kappa shape index (κ3) is 30.5. The molecule has 0 fully saturated rings. The van der Waals surface area contributed by atoms with Crippen molar-refractivity contribution in [2.45, 2.75) is 114 Å². The zero-order valence-electron chi connectivity index (χ0n) is 18.4. The summed E-state index contributed by atoms with van der Waals surface area (Å²) in [5.41, 5.74) is 1.37. The molecule has 0 saturated carbocycles. The van der Waals surface area contributed by atoms with Gasteiger partial charge in [0, 0.05) is 4.75 Å². The van der Waals surface area contributed by atoms with Gasteiger partial charge in [-0.25, -0.2) is 0 Å². The zero-order chi connectivity index (χ0) is 18.9. The summed E-state index contributed by atoms with van der Waals surface area (Å²) < 4.78 is 0.349. The van der Waals surface area contributed by atoms with E-state index in [2.05, 4.69) is 94.6 Å². The van der Waals surface area contributed by atoms with Crippen LogP contribution in [0, 0.1) is 16.2 Å². The number of thioether (sulfide) groups is 1. The molecule has 0 aliphatic heterocycles. The van der Waals surface area contributed by atoms with Gasteiger partial charge in [0.05, 0.1) is 0 Å². The van der Waals surface area contributed by atoms with Crippen LogP contribution in [0.3, 0.4) is 0 Å². The molecule has 0 unspecified atom stereocenters. The second-order valence-electron chi connectivity index (χ2n) is 11.2. The van der Waals surface area contributed by atoms with Crippen LogP contribution in [0.1, 0.15) is 109 Å². The summed E-state index contributed by atoms with van der Waals surface area (Å²) in [6.07, 6.45) is 7.76. The Morgan fingerprint density at radius 1 is 0.609 bits per heavy atom. The molecule has 0 amide bonds. The summed E-state index contributed by atoms with van der Waals surface area (Å²) in [5, 5.41) is 2.21. The average molecular weight is 343 g/mol.